The van der Waals surface area contributed by atoms with Crippen molar-refractivity contribution >= 4 is 11.6 Å². The molecule has 1 aromatic heterocycles. The number of carbonyl (C=O) groups excluding carboxylic acids is 1. The Labute approximate surface area is 204 Å². The van der Waals surface area contributed by atoms with E-state index in [1.54, 1.807) is 18.2 Å². The maximum atomic E-state index is 12.9. The lowest BCUT2D eigenvalue weighted by atomic mass is 9.86. The van der Waals surface area contributed by atoms with E-state index in [0.29, 0.717) is 28.7 Å². The first-order chi connectivity index (χ1) is 16.7. The highest BCUT2D eigenvalue weighted by Crippen LogP contribution is 2.42. The molecule has 0 radical (unpaired) electrons. The molecule has 0 aliphatic heterocycles. The predicted molar refractivity (Wildman–Crippen MR) is 130 cm³/mol. The van der Waals surface area contributed by atoms with Crippen LogP contribution in [0.3, 0.4) is 0 Å². The number of hydrogen-bond acceptors (Lipinski definition) is 6. The van der Waals surface area contributed by atoms with Gasteiger partial charge in [-0.05, 0) is 54.0 Å². The van der Waals surface area contributed by atoms with Crippen LogP contribution >= 0.6 is 0 Å². The number of amides is 1. The number of nitrogens with one attached hydrogen (secondary N) is 1. The molecule has 186 valence electrons. The Balaban J connectivity index is 1.53. The van der Waals surface area contributed by atoms with E-state index in [1.807, 2.05) is 6.92 Å². The molecular formula is C27H30FNO6. The second-order valence-electron chi connectivity index (χ2n) is 9.07. The standard InChI is InChI=1S/C27H30FNO6/c1-16-12-17-8-9-27(2,3)19(17)15-21(16)35-24-7-6-20(34-24)26(30)29-25-22(31-4)13-18(33-11-10-28)14-23(25)32-5/h6-7,12-15H,8-11H2,1-5H3,(H,29,30). The van der Waals surface area contributed by atoms with E-state index in [9.17, 15) is 9.18 Å². The summed E-state index contributed by atoms with van der Waals surface area (Å²) in [5, 5.41) is 2.75. The molecule has 2 aromatic carbocycles. The van der Waals surface area contributed by atoms with Gasteiger partial charge in [0.25, 0.3) is 11.9 Å². The molecule has 7 nitrogen and oxygen atoms in total. The molecule has 1 N–H and O–H groups in total. The topological polar surface area (TPSA) is 79.2 Å². The zero-order valence-electron chi connectivity index (χ0n) is 20.6. The van der Waals surface area contributed by atoms with Crippen LogP contribution in [-0.4, -0.2) is 33.4 Å². The first-order valence-electron chi connectivity index (χ1n) is 11.4. The maximum Gasteiger partial charge on any atom is 0.291 e. The largest absolute Gasteiger partial charge is 0.494 e. The molecule has 8 heteroatoms. The van der Waals surface area contributed by atoms with Gasteiger partial charge in [0, 0.05) is 18.2 Å². The molecular weight excluding hydrogens is 453 g/mol. The second kappa shape index (κ2) is 9.90. The molecule has 1 aliphatic carbocycles. The van der Waals surface area contributed by atoms with Crippen LogP contribution in [0.2, 0.25) is 0 Å². The molecule has 1 amide bonds. The van der Waals surface area contributed by atoms with E-state index in [0.717, 1.165) is 18.4 Å². The van der Waals surface area contributed by atoms with Crippen molar-refractivity contribution in [3.05, 3.63) is 58.8 Å². The molecule has 0 saturated heterocycles. The van der Waals surface area contributed by atoms with Crippen molar-refractivity contribution in [2.24, 2.45) is 0 Å². The fourth-order valence-electron chi connectivity index (χ4n) is 4.31. The number of halogens is 1. The van der Waals surface area contributed by atoms with Gasteiger partial charge in [-0.2, -0.15) is 0 Å². The molecule has 3 aromatic rings. The number of alkyl halides is 1. The van der Waals surface area contributed by atoms with Gasteiger partial charge in [-0.25, -0.2) is 4.39 Å². The van der Waals surface area contributed by atoms with Crippen molar-refractivity contribution in [1.29, 1.82) is 0 Å². The van der Waals surface area contributed by atoms with E-state index in [2.05, 4.69) is 31.3 Å². The van der Waals surface area contributed by atoms with E-state index in [1.165, 1.54) is 31.4 Å². The van der Waals surface area contributed by atoms with E-state index in [4.69, 9.17) is 23.4 Å². The number of ether oxygens (including phenoxy) is 4. The van der Waals surface area contributed by atoms with Gasteiger partial charge < -0.3 is 28.7 Å². The van der Waals surface area contributed by atoms with E-state index < -0.39 is 12.6 Å². The van der Waals surface area contributed by atoms with Crippen molar-refractivity contribution < 1.29 is 32.5 Å². The average molecular weight is 484 g/mol. The summed E-state index contributed by atoms with van der Waals surface area (Å²) in [6.45, 7) is 5.73. The fourth-order valence-corrected chi connectivity index (χ4v) is 4.31. The van der Waals surface area contributed by atoms with Gasteiger partial charge in [0.15, 0.2) is 5.76 Å². The van der Waals surface area contributed by atoms with Crippen LogP contribution in [-0.2, 0) is 11.8 Å². The monoisotopic (exact) mass is 483 g/mol. The van der Waals surface area contributed by atoms with Crippen molar-refractivity contribution in [2.75, 3.05) is 32.8 Å². The van der Waals surface area contributed by atoms with Crippen LogP contribution in [0, 0.1) is 6.92 Å². The summed E-state index contributed by atoms with van der Waals surface area (Å²) in [5.41, 5.74) is 4.03. The van der Waals surface area contributed by atoms with Gasteiger partial charge in [0.05, 0.1) is 14.2 Å². The Kier molecular flexibility index (Phi) is 6.91. The number of aryl methyl sites for hydroxylation is 2. The smallest absolute Gasteiger partial charge is 0.291 e. The molecule has 0 spiro atoms. The van der Waals surface area contributed by atoms with E-state index in [-0.39, 0.29) is 23.7 Å². The molecule has 1 heterocycles. The van der Waals surface area contributed by atoms with Gasteiger partial charge in [-0.15, -0.1) is 0 Å². The Morgan fingerprint density at radius 1 is 1.09 bits per heavy atom. The summed E-state index contributed by atoms with van der Waals surface area (Å²) in [5.74, 6) is 1.41. The molecule has 1 aliphatic rings. The minimum Gasteiger partial charge on any atom is -0.494 e. The van der Waals surface area contributed by atoms with E-state index >= 15 is 0 Å². The molecule has 0 bridgehead atoms. The number of benzene rings is 2. The fraction of sp³-hybridized carbons (Fsp3) is 0.370. The van der Waals surface area contributed by atoms with Crippen LogP contribution in [0.1, 0.15) is 47.5 Å². The Morgan fingerprint density at radius 3 is 2.46 bits per heavy atom. The number of carbonyl (C=O) groups is 1. The zero-order valence-corrected chi connectivity index (χ0v) is 20.6. The highest BCUT2D eigenvalue weighted by molar-refractivity contribution is 6.04. The minimum absolute atomic E-state index is 0.0565. The first kappa shape index (κ1) is 24.4. The summed E-state index contributed by atoms with van der Waals surface area (Å²) in [4.78, 5) is 12.9. The number of furan rings is 1. The summed E-state index contributed by atoms with van der Waals surface area (Å²) >= 11 is 0. The lowest BCUT2D eigenvalue weighted by Gasteiger charge is -2.20. The normalized spacial score (nSPS) is 13.8. The molecule has 0 atom stereocenters. The molecule has 35 heavy (non-hydrogen) atoms. The third-order valence-corrected chi connectivity index (χ3v) is 6.23. The van der Waals surface area contributed by atoms with Crippen molar-refractivity contribution in [3.63, 3.8) is 0 Å². The number of hydrogen-bond donors (Lipinski definition) is 1. The highest BCUT2D eigenvalue weighted by atomic mass is 19.1. The van der Waals surface area contributed by atoms with Crippen LogP contribution < -0.4 is 24.3 Å². The summed E-state index contributed by atoms with van der Waals surface area (Å²) in [7, 11) is 2.89. The van der Waals surface area contributed by atoms with Crippen molar-refractivity contribution in [1.82, 2.24) is 0 Å². The third kappa shape index (κ3) is 5.06. The Morgan fingerprint density at radius 2 is 1.80 bits per heavy atom. The van der Waals surface area contributed by atoms with Crippen LogP contribution in [0.4, 0.5) is 10.1 Å². The number of anilines is 1. The molecule has 4 rings (SSSR count). The van der Waals surface area contributed by atoms with Crippen molar-refractivity contribution in [3.8, 4) is 28.9 Å². The van der Waals surface area contributed by atoms with Gasteiger partial charge >= 0.3 is 0 Å². The van der Waals surface area contributed by atoms with Crippen LogP contribution in [0.5, 0.6) is 28.9 Å². The Hall–Kier alpha value is -3.68. The lowest BCUT2D eigenvalue weighted by molar-refractivity contribution is 0.0991. The summed E-state index contributed by atoms with van der Waals surface area (Å²) in [6, 6.07) is 10.5. The highest BCUT2D eigenvalue weighted by Gasteiger charge is 2.31. The summed E-state index contributed by atoms with van der Waals surface area (Å²) in [6.07, 6.45) is 2.16. The quantitative estimate of drug-likeness (QED) is 0.389. The average Bonchev–Trinajstić information content (AvgIpc) is 3.42. The van der Waals surface area contributed by atoms with Crippen molar-refractivity contribution in [2.45, 2.75) is 39.0 Å². The van der Waals surface area contributed by atoms with Crippen LogP contribution in [0.15, 0.2) is 40.8 Å². The van der Waals surface area contributed by atoms with Gasteiger partial charge in [-0.3, -0.25) is 4.79 Å². The second-order valence-corrected chi connectivity index (χ2v) is 9.07. The molecule has 0 unspecified atom stereocenters. The minimum atomic E-state index is -0.630. The first-order valence-corrected chi connectivity index (χ1v) is 11.4. The molecule has 0 saturated carbocycles. The SMILES string of the molecule is COc1cc(OCCF)cc(OC)c1NC(=O)c1ccc(Oc2cc3c(cc2C)CCC3(C)C)o1. The third-order valence-electron chi connectivity index (χ3n) is 6.23. The lowest BCUT2D eigenvalue weighted by Crippen LogP contribution is -2.13. The van der Waals surface area contributed by atoms with Gasteiger partial charge in [0.1, 0.15) is 42.0 Å². The summed E-state index contributed by atoms with van der Waals surface area (Å²) < 4.78 is 40.2. The van der Waals surface area contributed by atoms with Gasteiger partial charge in [0.2, 0.25) is 0 Å². The number of rotatable bonds is 9. The number of fused-ring (bicyclic) bond motifs is 1. The predicted octanol–water partition coefficient (Wildman–Crippen LogP) is 6.22. The Bertz CT molecular complexity index is 1210. The molecule has 0 fully saturated rings. The number of methoxy groups -OCH3 is 2. The van der Waals surface area contributed by atoms with Crippen LogP contribution in [0.25, 0.3) is 0 Å². The maximum absolute atomic E-state index is 12.9. The van der Waals surface area contributed by atoms with Gasteiger partial charge in [-0.1, -0.05) is 19.9 Å². The zero-order chi connectivity index (χ0) is 25.2.